The van der Waals surface area contributed by atoms with E-state index in [1.165, 1.54) is 5.56 Å². The first-order chi connectivity index (χ1) is 15.6. The summed E-state index contributed by atoms with van der Waals surface area (Å²) < 4.78 is 7.40. The Morgan fingerprint density at radius 2 is 2.09 bits per heavy atom. The summed E-state index contributed by atoms with van der Waals surface area (Å²) in [6.07, 6.45) is 3.30. The molecule has 164 valence electrons. The van der Waals surface area contributed by atoms with Crippen molar-refractivity contribution in [2.24, 2.45) is 5.92 Å². The minimum absolute atomic E-state index is 0.0770. The molecule has 0 bridgehead atoms. The van der Waals surface area contributed by atoms with Crippen LogP contribution in [-0.2, 0) is 10.5 Å². The van der Waals surface area contributed by atoms with E-state index in [-0.39, 0.29) is 23.5 Å². The third kappa shape index (κ3) is 3.86. The van der Waals surface area contributed by atoms with Gasteiger partial charge in [-0.3, -0.25) is 4.79 Å². The Morgan fingerprint density at radius 3 is 2.91 bits per heavy atom. The van der Waals surface area contributed by atoms with Crippen LogP contribution in [0, 0.1) is 5.92 Å². The lowest BCUT2D eigenvalue weighted by molar-refractivity contribution is -0.123. The van der Waals surface area contributed by atoms with Crippen molar-refractivity contribution in [1.29, 1.82) is 0 Å². The fraction of sp³-hybridized carbons (Fsp3) is 0.292. The van der Waals surface area contributed by atoms with Crippen LogP contribution in [0.4, 0.5) is 5.95 Å². The molecule has 0 saturated heterocycles. The summed E-state index contributed by atoms with van der Waals surface area (Å²) in [5, 5.41) is 18.9. The van der Waals surface area contributed by atoms with Crippen molar-refractivity contribution in [3.63, 3.8) is 0 Å². The second-order valence-electron chi connectivity index (χ2n) is 7.81. The Morgan fingerprint density at radius 1 is 1.25 bits per heavy atom. The predicted molar refractivity (Wildman–Crippen MR) is 123 cm³/mol. The predicted octanol–water partition coefficient (Wildman–Crippen LogP) is 4.55. The number of Topliss-reactive ketones (excluding diaryl/α,β-unsaturated/α-hetero) is 1. The van der Waals surface area contributed by atoms with Crippen LogP contribution < -0.4 is 10.1 Å². The lowest BCUT2D eigenvalue weighted by atomic mass is 9.81. The maximum absolute atomic E-state index is 13.0. The molecule has 1 aromatic heterocycles. The van der Waals surface area contributed by atoms with E-state index in [0.717, 1.165) is 17.0 Å². The van der Waals surface area contributed by atoms with Crippen LogP contribution in [0.5, 0.6) is 11.5 Å². The molecule has 2 aromatic carbocycles. The van der Waals surface area contributed by atoms with Crippen LogP contribution in [0.1, 0.15) is 36.9 Å². The second-order valence-corrected chi connectivity index (χ2v) is 8.75. The van der Waals surface area contributed by atoms with Crippen LogP contribution in [0.2, 0.25) is 0 Å². The molecule has 5 rings (SSSR count). The lowest BCUT2D eigenvalue weighted by Crippen LogP contribution is -2.38. The average molecular weight is 449 g/mol. The van der Waals surface area contributed by atoms with Crippen molar-refractivity contribution in [3.8, 4) is 11.5 Å². The number of nitrogens with one attached hydrogen (secondary N) is 1. The minimum atomic E-state index is -0.371. The van der Waals surface area contributed by atoms with Crippen molar-refractivity contribution in [3.05, 3.63) is 71.4 Å². The van der Waals surface area contributed by atoms with Gasteiger partial charge in [-0.15, -0.1) is 5.10 Å². The number of thioether (sulfide) groups is 1. The summed E-state index contributed by atoms with van der Waals surface area (Å²) >= 11 is 1.56. The molecule has 0 fully saturated rings. The van der Waals surface area contributed by atoms with E-state index in [4.69, 9.17) is 14.8 Å². The molecule has 32 heavy (non-hydrogen) atoms. The number of nitrogens with zero attached hydrogens (tertiary/aromatic N) is 3. The van der Waals surface area contributed by atoms with Gasteiger partial charge in [0.1, 0.15) is 5.78 Å². The van der Waals surface area contributed by atoms with E-state index in [9.17, 15) is 9.90 Å². The van der Waals surface area contributed by atoms with Gasteiger partial charge in [0.15, 0.2) is 11.5 Å². The highest BCUT2D eigenvalue weighted by Gasteiger charge is 2.41. The maximum atomic E-state index is 13.0. The number of rotatable bonds is 6. The highest BCUT2D eigenvalue weighted by molar-refractivity contribution is 7.98. The van der Waals surface area contributed by atoms with E-state index in [2.05, 4.69) is 23.5 Å². The van der Waals surface area contributed by atoms with Gasteiger partial charge in [0.25, 0.3) is 0 Å². The Labute approximate surface area is 190 Å². The van der Waals surface area contributed by atoms with E-state index in [1.54, 1.807) is 28.6 Å². The standard InChI is InChI=1S/C24H24N4O3S/c1-2-31-20-13-16(11-12-18(20)29)22-21-17(9-6-10-19(21)30)25-23-26-24(27-28(22)23)32-14-15-7-4-3-5-8-15/h3-5,7-9,11-13,21-22,29H,2,6,10,14H2,1H3,(H,25,26,27)/t21-,22-/m0/s1. The summed E-state index contributed by atoms with van der Waals surface area (Å²) in [5.74, 6) is 1.66. The molecule has 8 heteroatoms. The van der Waals surface area contributed by atoms with Gasteiger partial charge in [0, 0.05) is 17.9 Å². The van der Waals surface area contributed by atoms with Gasteiger partial charge in [-0.05, 0) is 36.6 Å². The number of allylic oxidation sites excluding steroid dienone is 2. The molecule has 2 heterocycles. The normalized spacial score (nSPS) is 19.5. The second kappa shape index (κ2) is 8.70. The van der Waals surface area contributed by atoms with Gasteiger partial charge in [-0.2, -0.15) is 4.98 Å². The molecule has 2 atom stereocenters. The van der Waals surface area contributed by atoms with Crippen molar-refractivity contribution >= 4 is 23.5 Å². The van der Waals surface area contributed by atoms with E-state index >= 15 is 0 Å². The number of ether oxygens (including phenoxy) is 1. The third-order valence-electron chi connectivity index (χ3n) is 5.72. The Kier molecular flexibility index (Phi) is 5.61. The van der Waals surface area contributed by atoms with E-state index in [1.807, 2.05) is 31.2 Å². The number of hydrogen-bond acceptors (Lipinski definition) is 7. The quantitative estimate of drug-likeness (QED) is 0.535. The SMILES string of the molecule is CCOc1cc([C@H]2[C@@H]3C(=O)CCC=C3Nc3nc(SCc4ccccc4)nn32)ccc1O. The van der Waals surface area contributed by atoms with E-state index in [0.29, 0.717) is 36.3 Å². The Balaban J connectivity index is 1.53. The number of phenolic OH excluding ortho intramolecular Hbond substituents is 1. The van der Waals surface area contributed by atoms with Crippen molar-refractivity contribution < 1.29 is 14.6 Å². The molecule has 1 aliphatic carbocycles. The number of hydrogen-bond donors (Lipinski definition) is 2. The summed E-state index contributed by atoms with van der Waals surface area (Å²) in [7, 11) is 0. The number of fused-ring (bicyclic) bond motifs is 2. The monoisotopic (exact) mass is 448 g/mol. The summed E-state index contributed by atoms with van der Waals surface area (Å²) in [6, 6.07) is 15.1. The molecule has 1 aliphatic heterocycles. The molecule has 0 unspecified atom stereocenters. The molecular formula is C24H24N4O3S. The van der Waals surface area contributed by atoms with Gasteiger partial charge >= 0.3 is 0 Å². The molecule has 2 aliphatic rings. The zero-order valence-corrected chi connectivity index (χ0v) is 18.5. The van der Waals surface area contributed by atoms with Crippen molar-refractivity contribution in [2.75, 3.05) is 11.9 Å². The minimum Gasteiger partial charge on any atom is -0.504 e. The molecule has 2 N–H and O–H groups in total. The number of carbonyl (C=O) groups is 1. The first-order valence-electron chi connectivity index (χ1n) is 10.7. The topological polar surface area (TPSA) is 89.3 Å². The van der Waals surface area contributed by atoms with Crippen LogP contribution in [0.25, 0.3) is 0 Å². The molecule has 0 amide bonds. The molecule has 0 saturated carbocycles. The number of carbonyl (C=O) groups excluding carboxylic acids is 1. The lowest BCUT2D eigenvalue weighted by Gasteiger charge is -2.36. The maximum Gasteiger partial charge on any atom is 0.227 e. The summed E-state index contributed by atoms with van der Waals surface area (Å²) in [5.41, 5.74) is 2.92. The highest BCUT2D eigenvalue weighted by atomic mass is 32.2. The molecule has 0 radical (unpaired) electrons. The number of ketones is 1. The number of aromatic hydroxyl groups is 1. The number of benzene rings is 2. The molecule has 3 aromatic rings. The van der Waals surface area contributed by atoms with Gasteiger partial charge in [0.2, 0.25) is 11.1 Å². The van der Waals surface area contributed by atoms with Gasteiger partial charge in [-0.25, -0.2) is 4.68 Å². The summed E-state index contributed by atoms with van der Waals surface area (Å²) in [6.45, 7) is 2.31. The van der Waals surface area contributed by atoms with Crippen molar-refractivity contribution in [2.45, 2.75) is 36.7 Å². The van der Waals surface area contributed by atoms with Gasteiger partial charge in [-0.1, -0.05) is 54.2 Å². The van der Waals surface area contributed by atoms with Crippen LogP contribution >= 0.6 is 11.8 Å². The Hall–Kier alpha value is -3.26. The highest BCUT2D eigenvalue weighted by Crippen LogP contribution is 2.43. The fourth-order valence-corrected chi connectivity index (χ4v) is 5.04. The third-order valence-corrected chi connectivity index (χ3v) is 6.63. The molecule has 7 nitrogen and oxygen atoms in total. The van der Waals surface area contributed by atoms with Crippen LogP contribution in [0.3, 0.4) is 0 Å². The van der Waals surface area contributed by atoms with Gasteiger partial charge in [0.05, 0.1) is 18.6 Å². The molecule has 0 spiro atoms. The van der Waals surface area contributed by atoms with Gasteiger partial charge < -0.3 is 15.2 Å². The smallest absolute Gasteiger partial charge is 0.227 e. The number of aromatic nitrogens is 3. The summed E-state index contributed by atoms with van der Waals surface area (Å²) in [4.78, 5) is 17.7. The fourth-order valence-electron chi connectivity index (χ4n) is 4.26. The van der Waals surface area contributed by atoms with Crippen molar-refractivity contribution in [1.82, 2.24) is 14.8 Å². The Bertz CT molecular complexity index is 1180. The number of phenols is 1. The zero-order valence-electron chi connectivity index (χ0n) is 17.7. The van der Waals surface area contributed by atoms with Crippen LogP contribution in [-0.4, -0.2) is 32.3 Å². The first kappa shape index (κ1) is 20.6. The van der Waals surface area contributed by atoms with Crippen LogP contribution in [0.15, 0.2) is 65.5 Å². The average Bonchev–Trinajstić information content (AvgIpc) is 3.21. The number of anilines is 1. The largest absolute Gasteiger partial charge is 0.504 e. The van der Waals surface area contributed by atoms with E-state index < -0.39 is 0 Å². The first-order valence-corrected chi connectivity index (χ1v) is 11.7. The molecular weight excluding hydrogens is 424 g/mol. The zero-order chi connectivity index (χ0) is 22.1.